The predicted molar refractivity (Wildman–Crippen MR) is 113 cm³/mol. The number of pyridine rings is 1. The van der Waals surface area contributed by atoms with Crippen LogP contribution in [0.2, 0.25) is 5.02 Å². The van der Waals surface area contributed by atoms with E-state index in [-0.39, 0.29) is 33.5 Å². The minimum Gasteiger partial charge on any atom is -0.327 e. The molecular formula is C21H26ClN3O3S. The summed E-state index contributed by atoms with van der Waals surface area (Å²) in [5, 5.41) is 0.243. The SMILES string of the molecule is CCN(CC)S(=O)(=O)c1ccc(Cl)c(C(=O)N(C2CC2)C(C)c2ccccn2)c1. The third kappa shape index (κ3) is 4.47. The van der Waals surface area contributed by atoms with Crippen molar-refractivity contribution in [3.8, 4) is 0 Å². The first-order valence-corrected chi connectivity index (χ1v) is 11.7. The molecule has 0 radical (unpaired) electrons. The van der Waals surface area contributed by atoms with Crippen LogP contribution in [0.4, 0.5) is 0 Å². The Hall–Kier alpha value is -1.96. The third-order valence-electron chi connectivity index (χ3n) is 5.22. The topological polar surface area (TPSA) is 70.6 Å². The number of aromatic nitrogens is 1. The number of hydrogen-bond acceptors (Lipinski definition) is 4. The fraction of sp³-hybridized carbons (Fsp3) is 0.429. The largest absolute Gasteiger partial charge is 0.327 e. The first kappa shape index (κ1) is 21.7. The molecule has 0 spiro atoms. The highest BCUT2D eigenvalue weighted by molar-refractivity contribution is 7.89. The van der Waals surface area contributed by atoms with E-state index in [1.54, 1.807) is 24.9 Å². The zero-order valence-electron chi connectivity index (χ0n) is 16.9. The summed E-state index contributed by atoms with van der Waals surface area (Å²) in [7, 11) is -3.69. The Morgan fingerprint density at radius 2 is 1.90 bits per heavy atom. The van der Waals surface area contributed by atoms with E-state index >= 15 is 0 Å². The van der Waals surface area contributed by atoms with Gasteiger partial charge in [0.15, 0.2) is 0 Å². The Labute approximate surface area is 177 Å². The van der Waals surface area contributed by atoms with E-state index in [0.29, 0.717) is 13.1 Å². The maximum absolute atomic E-state index is 13.5. The molecule has 1 fully saturated rings. The fourth-order valence-electron chi connectivity index (χ4n) is 3.46. The van der Waals surface area contributed by atoms with Gasteiger partial charge in [0.25, 0.3) is 5.91 Å². The molecule has 0 bridgehead atoms. The van der Waals surface area contributed by atoms with Crippen LogP contribution in [0.15, 0.2) is 47.5 Å². The summed E-state index contributed by atoms with van der Waals surface area (Å²) in [6.45, 7) is 6.22. The Bertz CT molecular complexity index is 974. The van der Waals surface area contributed by atoms with Gasteiger partial charge in [-0.15, -0.1) is 0 Å². The van der Waals surface area contributed by atoms with Crippen molar-refractivity contribution in [1.29, 1.82) is 0 Å². The minimum atomic E-state index is -3.69. The Balaban J connectivity index is 1.99. The normalized spacial score (nSPS) is 15.3. The molecule has 1 saturated carbocycles. The van der Waals surface area contributed by atoms with Gasteiger partial charge < -0.3 is 4.90 Å². The number of amides is 1. The highest BCUT2D eigenvalue weighted by atomic mass is 35.5. The Morgan fingerprint density at radius 3 is 2.45 bits per heavy atom. The lowest BCUT2D eigenvalue weighted by atomic mass is 10.1. The summed E-state index contributed by atoms with van der Waals surface area (Å²) in [6, 6.07) is 9.82. The molecule has 29 heavy (non-hydrogen) atoms. The van der Waals surface area contributed by atoms with Crippen molar-refractivity contribution in [3.05, 3.63) is 58.9 Å². The maximum Gasteiger partial charge on any atom is 0.256 e. The molecule has 1 heterocycles. The average Bonchev–Trinajstić information content (AvgIpc) is 3.54. The van der Waals surface area contributed by atoms with Crippen molar-refractivity contribution in [1.82, 2.24) is 14.2 Å². The molecule has 0 N–H and O–H groups in total. The maximum atomic E-state index is 13.5. The van der Waals surface area contributed by atoms with Crippen molar-refractivity contribution < 1.29 is 13.2 Å². The van der Waals surface area contributed by atoms with Crippen LogP contribution in [0.25, 0.3) is 0 Å². The van der Waals surface area contributed by atoms with Crippen molar-refractivity contribution in [2.45, 2.75) is 50.6 Å². The highest BCUT2D eigenvalue weighted by Crippen LogP contribution is 2.36. The lowest BCUT2D eigenvalue weighted by molar-refractivity contribution is 0.0670. The van der Waals surface area contributed by atoms with Gasteiger partial charge in [-0.3, -0.25) is 9.78 Å². The first-order valence-electron chi connectivity index (χ1n) is 9.84. The summed E-state index contributed by atoms with van der Waals surface area (Å²) in [5.74, 6) is -0.271. The molecular weight excluding hydrogens is 410 g/mol. The predicted octanol–water partition coefficient (Wildman–Crippen LogP) is 4.13. The molecule has 0 saturated heterocycles. The van der Waals surface area contributed by atoms with E-state index in [9.17, 15) is 13.2 Å². The van der Waals surface area contributed by atoms with E-state index in [2.05, 4.69) is 4.98 Å². The molecule has 156 valence electrons. The summed E-state index contributed by atoms with van der Waals surface area (Å²) in [5.41, 5.74) is 0.991. The van der Waals surface area contributed by atoms with E-state index in [0.717, 1.165) is 18.5 Å². The number of rotatable bonds is 8. The summed E-state index contributed by atoms with van der Waals surface area (Å²) >= 11 is 6.34. The number of hydrogen-bond donors (Lipinski definition) is 0. The smallest absolute Gasteiger partial charge is 0.256 e. The van der Waals surface area contributed by atoms with E-state index in [1.165, 1.54) is 22.5 Å². The van der Waals surface area contributed by atoms with Crippen LogP contribution >= 0.6 is 11.6 Å². The Kier molecular flexibility index (Phi) is 6.61. The molecule has 1 aromatic heterocycles. The van der Waals surface area contributed by atoms with Gasteiger partial charge in [0.2, 0.25) is 10.0 Å². The van der Waals surface area contributed by atoms with Crippen LogP contribution in [0.3, 0.4) is 0 Å². The summed E-state index contributed by atoms with van der Waals surface area (Å²) in [4.78, 5) is 19.7. The van der Waals surface area contributed by atoms with Crippen molar-refractivity contribution in [3.63, 3.8) is 0 Å². The van der Waals surface area contributed by atoms with Crippen molar-refractivity contribution in [2.75, 3.05) is 13.1 Å². The van der Waals surface area contributed by atoms with Crippen LogP contribution in [-0.4, -0.2) is 47.6 Å². The van der Waals surface area contributed by atoms with E-state index < -0.39 is 10.0 Å². The van der Waals surface area contributed by atoms with Gasteiger partial charge in [0, 0.05) is 25.3 Å². The van der Waals surface area contributed by atoms with E-state index in [1.807, 2.05) is 25.1 Å². The van der Waals surface area contributed by atoms with E-state index in [4.69, 9.17) is 11.6 Å². The zero-order valence-corrected chi connectivity index (χ0v) is 18.4. The number of halogens is 1. The lowest BCUT2D eigenvalue weighted by Gasteiger charge is -2.29. The molecule has 6 nitrogen and oxygen atoms in total. The minimum absolute atomic E-state index is 0.0789. The molecule has 1 atom stereocenters. The number of benzene rings is 1. The monoisotopic (exact) mass is 435 g/mol. The van der Waals surface area contributed by atoms with Gasteiger partial charge in [-0.25, -0.2) is 8.42 Å². The van der Waals surface area contributed by atoms with Gasteiger partial charge in [-0.2, -0.15) is 4.31 Å². The second kappa shape index (κ2) is 8.81. The van der Waals surface area contributed by atoms with Gasteiger partial charge in [0.1, 0.15) is 0 Å². The molecule has 2 aromatic rings. The average molecular weight is 436 g/mol. The summed E-state index contributed by atoms with van der Waals surface area (Å²) in [6.07, 6.45) is 3.53. The van der Waals surface area contributed by atoms with Crippen molar-refractivity contribution in [2.24, 2.45) is 0 Å². The van der Waals surface area contributed by atoms with Crippen LogP contribution in [0, 0.1) is 0 Å². The molecule has 1 aliphatic rings. The molecule has 3 rings (SSSR count). The number of carbonyl (C=O) groups excluding carboxylic acids is 1. The highest BCUT2D eigenvalue weighted by Gasteiger charge is 2.38. The van der Waals surface area contributed by atoms with Gasteiger partial charge in [-0.1, -0.05) is 31.5 Å². The molecule has 0 aliphatic heterocycles. The quantitative estimate of drug-likeness (QED) is 0.625. The van der Waals surface area contributed by atoms with Gasteiger partial charge >= 0.3 is 0 Å². The second-order valence-corrected chi connectivity index (χ2v) is 9.45. The van der Waals surface area contributed by atoms with Crippen LogP contribution < -0.4 is 0 Å². The lowest BCUT2D eigenvalue weighted by Crippen LogP contribution is -2.36. The fourth-order valence-corrected chi connectivity index (χ4v) is 5.14. The molecule has 1 aromatic carbocycles. The Morgan fingerprint density at radius 1 is 1.21 bits per heavy atom. The third-order valence-corrected chi connectivity index (χ3v) is 7.59. The second-order valence-electron chi connectivity index (χ2n) is 7.11. The van der Waals surface area contributed by atoms with Gasteiger partial charge in [0.05, 0.1) is 27.2 Å². The summed E-state index contributed by atoms with van der Waals surface area (Å²) < 4.78 is 27.2. The van der Waals surface area contributed by atoms with Crippen LogP contribution in [-0.2, 0) is 10.0 Å². The first-order chi connectivity index (χ1) is 13.8. The van der Waals surface area contributed by atoms with Crippen LogP contribution in [0.1, 0.15) is 55.7 Å². The number of nitrogens with zero attached hydrogens (tertiary/aromatic N) is 3. The molecule has 1 unspecified atom stereocenters. The zero-order chi connectivity index (χ0) is 21.2. The number of sulfonamides is 1. The molecule has 1 aliphatic carbocycles. The molecule has 1 amide bonds. The standard InChI is InChI=1S/C21H26ClN3O3S/c1-4-24(5-2)29(27,28)17-11-12-19(22)18(14-17)21(26)25(16-9-10-16)15(3)20-8-6-7-13-23-20/h6-8,11-16H,4-5,9-10H2,1-3H3. The van der Waals surface area contributed by atoms with Crippen LogP contribution in [0.5, 0.6) is 0 Å². The van der Waals surface area contributed by atoms with Gasteiger partial charge in [-0.05, 0) is 50.1 Å². The molecule has 8 heteroatoms. The van der Waals surface area contributed by atoms with Crippen molar-refractivity contribution >= 4 is 27.5 Å². The number of carbonyl (C=O) groups is 1.